The van der Waals surface area contributed by atoms with E-state index < -0.39 is 0 Å². The molecule has 15 heavy (non-hydrogen) atoms. The molecule has 1 aromatic rings. The first-order chi connectivity index (χ1) is 7.00. The van der Waals surface area contributed by atoms with Gasteiger partial charge in [-0.3, -0.25) is 4.79 Å². The van der Waals surface area contributed by atoms with Crippen LogP contribution in [0.2, 0.25) is 0 Å². The lowest BCUT2D eigenvalue weighted by molar-refractivity contribution is -0.128. The number of nitrogens with one attached hydrogen (secondary N) is 2. The lowest BCUT2D eigenvalue weighted by atomic mass is 10.4. The van der Waals surface area contributed by atoms with Crippen molar-refractivity contribution in [3.8, 4) is 0 Å². The van der Waals surface area contributed by atoms with Gasteiger partial charge in [0, 0.05) is 27.1 Å². The highest BCUT2D eigenvalue weighted by Crippen LogP contribution is 2.13. The molecule has 0 atom stereocenters. The molecular formula is C9H17N5O. The van der Waals surface area contributed by atoms with E-state index in [9.17, 15) is 4.79 Å². The van der Waals surface area contributed by atoms with Crippen LogP contribution in [0.4, 0.5) is 11.6 Å². The second-order valence-corrected chi connectivity index (χ2v) is 3.55. The second-order valence-electron chi connectivity index (χ2n) is 3.55. The number of nitrogen functional groups attached to an aromatic ring is 1. The Balaban J connectivity index is 2.38. The number of carbonyl (C=O) groups excluding carboxylic acids is 1. The van der Waals surface area contributed by atoms with Crippen LogP contribution in [-0.2, 0) is 4.79 Å². The number of hydrogen-bond donors (Lipinski definition) is 3. The van der Waals surface area contributed by atoms with E-state index in [2.05, 4.69) is 15.3 Å². The molecule has 0 aliphatic heterocycles. The number of aromatic amines is 1. The lowest BCUT2D eigenvalue weighted by Crippen LogP contribution is -2.24. The molecule has 1 rings (SSSR count). The number of anilines is 2. The summed E-state index contributed by atoms with van der Waals surface area (Å²) in [6, 6.07) is 0. The molecule has 0 radical (unpaired) electrons. The average Bonchev–Trinajstić information content (AvgIpc) is 2.45. The molecule has 0 unspecified atom stereocenters. The Morgan fingerprint density at radius 1 is 1.60 bits per heavy atom. The van der Waals surface area contributed by atoms with Crippen LogP contribution in [0.25, 0.3) is 0 Å². The molecule has 0 saturated carbocycles. The minimum atomic E-state index is 0.0772. The minimum absolute atomic E-state index is 0.0772. The number of aromatic nitrogens is 2. The molecule has 0 fully saturated rings. The fraction of sp³-hybridized carbons (Fsp3) is 0.556. The van der Waals surface area contributed by atoms with E-state index in [4.69, 9.17) is 5.73 Å². The zero-order valence-corrected chi connectivity index (χ0v) is 9.29. The summed E-state index contributed by atoms with van der Waals surface area (Å²) >= 11 is 0. The Bertz CT molecular complexity index is 344. The highest BCUT2D eigenvalue weighted by Gasteiger charge is 2.06. The summed E-state index contributed by atoms with van der Waals surface area (Å²) in [5.41, 5.74) is 5.64. The maximum atomic E-state index is 11.2. The first kappa shape index (κ1) is 11.4. The van der Waals surface area contributed by atoms with Crippen molar-refractivity contribution in [2.75, 3.05) is 31.7 Å². The summed E-state index contributed by atoms with van der Waals surface area (Å²) < 4.78 is 0. The van der Waals surface area contributed by atoms with Crippen molar-refractivity contribution in [2.45, 2.75) is 13.3 Å². The van der Waals surface area contributed by atoms with E-state index in [0.29, 0.717) is 24.6 Å². The molecule has 1 heterocycles. The van der Waals surface area contributed by atoms with Gasteiger partial charge in [-0.2, -0.15) is 0 Å². The van der Waals surface area contributed by atoms with Gasteiger partial charge in [0.1, 0.15) is 11.6 Å². The quantitative estimate of drug-likeness (QED) is 0.663. The van der Waals surface area contributed by atoms with Crippen LogP contribution in [0.1, 0.15) is 12.2 Å². The molecule has 84 valence electrons. The molecule has 6 heteroatoms. The van der Waals surface area contributed by atoms with Gasteiger partial charge in [-0.15, -0.1) is 0 Å². The number of amides is 1. The van der Waals surface area contributed by atoms with Crippen LogP contribution >= 0.6 is 0 Å². The van der Waals surface area contributed by atoms with Gasteiger partial charge in [-0.1, -0.05) is 0 Å². The topological polar surface area (TPSA) is 87.0 Å². The monoisotopic (exact) mass is 211 g/mol. The van der Waals surface area contributed by atoms with Crippen molar-refractivity contribution in [3.63, 3.8) is 0 Å². The summed E-state index contributed by atoms with van der Waals surface area (Å²) in [5, 5.41) is 3.00. The number of rotatable bonds is 4. The summed E-state index contributed by atoms with van der Waals surface area (Å²) in [5.74, 6) is 1.95. The molecule has 6 nitrogen and oxygen atoms in total. The van der Waals surface area contributed by atoms with E-state index >= 15 is 0 Å². The van der Waals surface area contributed by atoms with Gasteiger partial charge < -0.3 is 20.9 Å². The SMILES string of the molecule is Cc1nc(NCCC(=O)N(C)C)c(N)[nH]1. The molecular weight excluding hydrogens is 194 g/mol. The van der Waals surface area contributed by atoms with E-state index in [0.717, 1.165) is 5.82 Å². The molecule has 4 N–H and O–H groups in total. The first-order valence-corrected chi connectivity index (χ1v) is 4.77. The predicted octanol–water partition coefficient (Wildman–Crippen LogP) is 0.191. The van der Waals surface area contributed by atoms with Crippen LogP contribution in [0.3, 0.4) is 0 Å². The molecule has 0 saturated heterocycles. The number of H-pyrrole nitrogens is 1. The number of imidazole rings is 1. The zero-order valence-electron chi connectivity index (χ0n) is 9.29. The van der Waals surface area contributed by atoms with E-state index in [1.54, 1.807) is 19.0 Å². The van der Waals surface area contributed by atoms with E-state index in [1.165, 1.54) is 0 Å². The third-order valence-corrected chi connectivity index (χ3v) is 1.98. The lowest BCUT2D eigenvalue weighted by Gasteiger charge is -2.10. The molecule has 0 spiro atoms. The van der Waals surface area contributed by atoms with Crippen molar-refractivity contribution in [2.24, 2.45) is 0 Å². The predicted molar refractivity (Wildman–Crippen MR) is 59.5 cm³/mol. The molecule has 0 aliphatic rings. The smallest absolute Gasteiger partial charge is 0.223 e. The van der Waals surface area contributed by atoms with Crippen molar-refractivity contribution < 1.29 is 4.79 Å². The third kappa shape index (κ3) is 3.16. The summed E-state index contributed by atoms with van der Waals surface area (Å²) in [4.78, 5) is 19.8. The number of nitrogens with two attached hydrogens (primary N) is 1. The summed E-state index contributed by atoms with van der Waals surface area (Å²) in [6.45, 7) is 2.36. The largest absolute Gasteiger partial charge is 0.382 e. The first-order valence-electron chi connectivity index (χ1n) is 4.77. The minimum Gasteiger partial charge on any atom is -0.382 e. The normalized spacial score (nSPS) is 10.1. The molecule has 1 aromatic heterocycles. The Labute approximate surface area is 88.9 Å². The number of carbonyl (C=O) groups is 1. The Morgan fingerprint density at radius 3 is 2.73 bits per heavy atom. The van der Waals surface area contributed by atoms with Gasteiger partial charge in [-0.25, -0.2) is 4.98 Å². The van der Waals surface area contributed by atoms with Crippen molar-refractivity contribution in [3.05, 3.63) is 5.82 Å². The van der Waals surface area contributed by atoms with Crippen LogP contribution in [0.5, 0.6) is 0 Å². The van der Waals surface area contributed by atoms with Crippen molar-refractivity contribution in [1.29, 1.82) is 0 Å². The Kier molecular flexibility index (Phi) is 3.54. The van der Waals surface area contributed by atoms with Gasteiger partial charge in [0.05, 0.1) is 0 Å². The van der Waals surface area contributed by atoms with Crippen LogP contribution in [0, 0.1) is 6.92 Å². The molecule has 0 aromatic carbocycles. The highest BCUT2D eigenvalue weighted by atomic mass is 16.2. The maximum Gasteiger partial charge on any atom is 0.223 e. The summed E-state index contributed by atoms with van der Waals surface area (Å²) in [6.07, 6.45) is 0.429. The van der Waals surface area contributed by atoms with Crippen LogP contribution in [0.15, 0.2) is 0 Å². The van der Waals surface area contributed by atoms with Crippen LogP contribution in [-0.4, -0.2) is 41.4 Å². The number of aryl methyl sites for hydroxylation is 1. The standard InChI is InChI=1S/C9H17N5O/c1-6-12-8(10)9(13-6)11-5-4-7(15)14(2)3/h11H,4-5,10H2,1-3H3,(H,12,13). The Hall–Kier alpha value is -1.72. The number of hydrogen-bond acceptors (Lipinski definition) is 4. The number of nitrogens with zero attached hydrogens (tertiary/aromatic N) is 2. The van der Waals surface area contributed by atoms with Gasteiger partial charge in [0.25, 0.3) is 0 Å². The van der Waals surface area contributed by atoms with Gasteiger partial charge in [-0.05, 0) is 6.92 Å². The fourth-order valence-corrected chi connectivity index (χ4v) is 1.16. The molecule has 0 aliphatic carbocycles. The molecule has 1 amide bonds. The molecule has 0 bridgehead atoms. The van der Waals surface area contributed by atoms with Crippen molar-refractivity contribution in [1.82, 2.24) is 14.9 Å². The second kappa shape index (κ2) is 4.68. The van der Waals surface area contributed by atoms with Gasteiger partial charge in [0.15, 0.2) is 5.82 Å². The van der Waals surface area contributed by atoms with Gasteiger partial charge >= 0.3 is 0 Å². The van der Waals surface area contributed by atoms with E-state index in [1.807, 2.05) is 6.92 Å². The average molecular weight is 211 g/mol. The van der Waals surface area contributed by atoms with Gasteiger partial charge in [0.2, 0.25) is 5.91 Å². The summed E-state index contributed by atoms with van der Waals surface area (Å²) in [7, 11) is 3.46. The Morgan fingerprint density at radius 2 is 2.27 bits per heavy atom. The fourth-order valence-electron chi connectivity index (χ4n) is 1.16. The zero-order chi connectivity index (χ0) is 11.4. The van der Waals surface area contributed by atoms with E-state index in [-0.39, 0.29) is 5.91 Å². The highest BCUT2D eigenvalue weighted by molar-refractivity contribution is 5.76. The van der Waals surface area contributed by atoms with Crippen LogP contribution < -0.4 is 11.1 Å². The maximum absolute atomic E-state index is 11.2. The van der Waals surface area contributed by atoms with Crippen molar-refractivity contribution >= 4 is 17.5 Å². The third-order valence-electron chi connectivity index (χ3n) is 1.98.